The second-order valence-corrected chi connectivity index (χ2v) is 5.88. The van der Waals surface area contributed by atoms with Crippen LogP contribution in [0.1, 0.15) is 42.1 Å². The van der Waals surface area contributed by atoms with Crippen molar-refractivity contribution in [1.82, 2.24) is 15.1 Å². The third-order valence-electron chi connectivity index (χ3n) is 3.51. The average Bonchev–Trinajstić information content (AvgIpc) is 2.90. The van der Waals surface area contributed by atoms with Gasteiger partial charge in [-0.3, -0.25) is 4.68 Å². The molecule has 2 rings (SSSR count). The van der Waals surface area contributed by atoms with Gasteiger partial charge in [0.15, 0.2) is 0 Å². The normalized spacial score (nSPS) is 12.7. The molecule has 0 spiro atoms. The minimum absolute atomic E-state index is 0.200. The number of halogens is 1. The maximum Gasteiger partial charge on any atom is 0.0608 e. The Morgan fingerprint density at radius 3 is 2.35 bits per heavy atom. The van der Waals surface area contributed by atoms with Crippen LogP contribution in [0.25, 0.3) is 0 Å². The molecule has 3 nitrogen and oxygen atoms in total. The van der Waals surface area contributed by atoms with Crippen molar-refractivity contribution >= 4 is 15.9 Å². The van der Waals surface area contributed by atoms with E-state index in [4.69, 9.17) is 0 Å². The van der Waals surface area contributed by atoms with Gasteiger partial charge in [-0.2, -0.15) is 5.10 Å². The maximum atomic E-state index is 4.39. The topological polar surface area (TPSA) is 29.9 Å². The molecule has 1 N–H and O–H groups in total. The Morgan fingerprint density at radius 2 is 1.85 bits per heavy atom. The number of aryl methyl sites for hydroxylation is 3. The summed E-state index contributed by atoms with van der Waals surface area (Å²) in [5, 5.41) is 7.95. The average molecular weight is 336 g/mol. The van der Waals surface area contributed by atoms with E-state index in [1.165, 1.54) is 26.7 Å². The highest BCUT2D eigenvalue weighted by Gasteiger charge is 2.16. The lowest BCUT2D eigenvalue weighted by molar-refractivity contribution is 0.624. The van der Waals surface area contributed by atoms with Gasteiger partial charge in [0.2, 0.25) is 0 Å². The van der Waals surface area contributed by atoms with Crippen LogP contribution in [-0.2, 0) is 6.54 Å². The van der Waals surface area contributed by atoms with Gasteiger partial charge in [0.05, 0.1) is 12.2 Å². The van der Waals surface area contributed by atoms with Crippen LogP contribution in [0.3, 0.4) is 0 Å². The SMILES string of the molecule is CCNC(c1cc(C)c(Br)c(C)c1)c1cnn(CC)c1. The number of hydrogen-bond donors (Lipinski definition) is 1. The molecule has 1 aromatic carbocycles. The minimum atomic E-state index is 0.200. The molecule has 0 aliphatic heterocycles. The summed E-state index contributed by atoms with van der Waals surface area (Å²) < 4.78 is 3.17. The Labute approximate surface area is 129 Å². The zero-order valence-corrected chi connectivity index (χ0v) is 14.2. The van der Waals surface area contributed by atoms with Crippen molar-refractivity contribution < 1.29 is 0 Å². The van der Waals surface area contributed by atoms with Crippen LogP contribution >= 0.6 is 15.9 Å². The molecule has 20 heavy (non-hydrogen) atoms. The number of benzene rings is 1. The van der Waals surface area contributed by atoms with Crippen molar-refractivity contribution in [2.24, 2.45) is 0 Å². The van der Waals surface area contributed by atoms with Crippen LogP contribution in [0.5, 0.6) is 0 Å². The molecule has 2 aromatic rings. The summed E-state index contributed by atoms with van der Waals surface area (Å²) in [6, 6.07) is 4.69. The van der Waals surface area contributed by atoms with Crippen molar-refractivity contribution in [3.63, 3.8) is 0 Å². The lowest BCUT2D eigenvalue weighted by atomic mass is 9.97. The highest BCUT2D eigenvalue weighted by molar-refractivity contribution is 9.10. The lowest BCUT2D eigenvalue weighted by Crippen LogP contribution is -2.22. The van der Waals surface area contributed by atoms with E-state index in [1.54, 1.807) is 0 Å². The van der Waals surface area contributed by atoms with Crippen LogP contribution in [0.2, 0.25) is 0 Å². The highest BCUT2D eigenvalue weighted by atomic mass is 79.9. The summed E-state index contributed by atoms with van der Waals surface area (Å²) in [7, 11) is 0. The van der Waals surface area contributed by atoms with Gasteiger partial charge in [-0.15, -0.1) is 0 Å². The fourth-order valence-corrected chi connectivity index (χ4v) is 2.71. The summed E-state index contributed by atoms with van der Waals surface area (Å²) >= 11 is 3.64. The zero-order valence-electron chi connectivity index (χ0n) is 12.6. The Hall–Kier alpha value is -1.13. The van der Waals surface area contributed by atoms with Gasteiger partial charge in [0.1, 0.15) is 0 Å². The van der Waals surface area contributed by atoms with Gasteiger partial charge < -0.3 is 5.32 Å². The number of aromatic nitrogens is 2. The predicted molar refractivity (Wildman–Crippen MR) is 87.0 cm³/mol. The van der Waals surface area contributed by atoms with Gasteiger partial charge in [-0.25, -0.2) is 0 Å². The number of nitrogens with one attached hydrogen (secondary N) is 1. The van der Waals surface area contributed by atoms with Crippen LogP contribution in [0.15, 0.2) is 29.0 Å². The quantitative estimate of drug-likeness (QED) is 0.895. The van der Waals surface area contributed by atoms with Crippen LogP contribution < -0.4 is 5.32 Å². The molecular weight excluding hydrogens is 314 g/mol. The lowest BCUT2D eigenvalue weighted by Gasteiger charge is -2.19. The van der Waals surface area contributed by atoms with E-state index in [2.05, 4.69) is 72.4 Å². The van der Waals surface area contributed by atoms with Gasteiger partial charge in [-0.05, 0) is 44.0 Å². The molecule has 0 radical (unpaired) electrons. The largest absolute Gasteiger partial charge is 0.306 e. The molecule has 0 saturated carbocycles. The van der Waals surface area contributed by atoms with Crippen molar-refractivity contribution in [2.45, 2.75) is 40.3 Å². The van der Waals surface area contributed by atoms with Gasteiger partial charge in [-0.1, -0.05) is 35.0 Å². The molecule has 0 aliphatic rings. The highest BCUT2D eigenvalue weighted by Crippen LogP contribution is 2.28. The van der Waals surface area contributed by atoms with E-state index in [0.717, 1.165) is 13.1 Å². The van der Waals surface area contributed by atoms with Crippen molar-refractivity contribution in [1.29, 1.82) is 0 Å². The smallest absolute Gasteiger partial charge is 0.0608 e. The Balaban J connectivity index is 2.42. The molecule has 1 heterocycles. The fraction of sp³-hybridized carbons (Fsp3) is 0.438. The molecule has 0 saturated heterocycles. The standard InChI is InChI=1S/C16H22BrN3/c1-5-18-16(14-9-19-20(6-2)10-14)13-7-11(3)15(17)12(4)8-13/h7-10,16,18H,5-6H2,1-4H3. The van der Waals surface area contributed by atoms with E-state index in [-0.39, 0.29) is 6.04 Å². The Bertz CT molecular complexity index is 566. The first kappa shape index (κ1) is 15.3. The van der Waals surface area contributed by atoms with E-state index >= 15 is 0 Å². The summed E-state index contributed by atoms with van der Waals surface area (Å²) in [5.74, 6) is 0. The number of rotatable bonds is 5. The van der Waals surface area contributed by atoms with E-state index in [1.807, 2.05) is 10.9 Å². The summed E-state index contributed by atoms with van der Waals surface area (Å²) in [6.45, 7) is 10.3. The van der Waals surface area contributed by atoms with Crippen LogP contribution in [0.4, 0.5) is 0 Å². The van der Waals surface area contributed by atoms with Crippen molar-refractivity contribution in [3.8, 4) is 0 Å². The Kier molecular flexibility index (Phi) is 5.00. The van der Waals surface area contributed by atoms with Crippen LogP contribution in [0, 0.1) is 13.8 Å². The molecule has 108 valence electrons. The molecule has 0 aliphatic carbocycles. The maximum absolute atomic E-state index is 4.39. The van der Waals surface area contributed by atoms with E-state index in [9.17, 15) is 0 Å². The number of hydrogen-bond acceptors (Lipinski definition) is 2. The first-order valence-corrected chi connectivity index (χ1v) is 7.88. The monoisotopic (exact) mass is 335 g/mol. The molecule has 1 atom stereocenters. The molecule has 0 fully saturated rings. The van der Waals surface area contributed by atoms with Gasteiger partial charge in [0.25, 0.3) is 0 Å². The summed E-state index contributed by atoms with van der Waals surface area (Å²) in [6.07, 6.45) is 4.09. The predicted octanol–water partition coefficient (Wildman–Crippen LogP) is 3.98. The third kappa shape index (κ3) is 3.13. The molecule has 1 aromatic heterocycles. The first-order chi connectivity index (χ1) is 9.56. The van der Waals surface area contributed by atoms with Gasteiger partial charge >= 0.3 is 0 Å². The molecule has 1 unspecified atom stereocenters. The molecule has 0 bridgehead atoms. The van der Waals surface area contributed by atoms with E-state index in [0.29, 0.717) is 0 Å². The van der Waals surface area contributed by atoms with Crippen molar-refractivity contribution in [3.05, 3.63) is 51.3 Å². The van der Waals surface area contributed by atoms with Crippen molar-refractivity contribution in [2.75, 3.05) is 6.54 Å². The summed E-state index contributed by atoms with van der Waals surface area (Å²) in [4.78, 5) is 0. The molecule has 4 heteroatoms. The first-order valence-electron chi connectivity index (χ1n) is 7.09. The third-order valence-corrected chi connectivity index (χ3v) is 4.76. The minimum Gasteiger partial charge on any atom is -0.306 e. The van der Waals surface area contributed by atoms with Gasteiger partial charge in [0, 0.05) is 22.8 Å². The summed E-state index contributed by atoms with van der Waals surface area (Å²) in [5.41, 5.74) is 5.05. The number of nitrogens with zero attached hydrogens (tertiary/aromatic N) is 2. The second-order valence-electron chi connectivity index (χ2n) is 5.09. The molecule has 0 amide bonds. The Morgan fingerprint density at radius 1 is 1.20 bits per heavy atom. The molecular formula is C16H22BrN3. The van der Waals surface area contributed by atoms with E-state index < -0.39 is 0 Å². The van der Waals surface area contributed by atoms with Crippen LogP contribution in [-0.4, -0.2) is 16.3 Å². The zero-order chi connectivity index (χ0) is 14.7. The second kappa shape index (κ2) is 6.55. The fourth-order valence-electron chi connectivity index (χ4n) is 2.48.